The van der Waals surface area contributed by atoms with Gasteiger partial charge in [-0.2, -0.15) is 5.10 Å². The summed E-state index contributed by atoms with van der Waals surface area (Å²) in [6.45, 7) is 1.81. The van der Waals surface area contributed by atoms with Gasteiger partial charge in [0.25, 0.3) is 0 Å². The molecular formula is C14H16ClN3O3. The number of hydrogen-bond donors (Lipinski definition) is 1. The third-order valence-electron chi connectivity index (χ3n) is 3.07. The van der Waals surface area contributed by atoms with Crippen LogP contribution in [0.3, 0.4) is 0 Å². The zero-order chi connectivity index (χ0) is 15.6. The standard InChI is InChI=1S/C14H16ClN3O3/c1-8-12(15)11(18(2)17-8)7-21-14(19)9-5-4-6-10(16)13(9)20-3/h4-6H,7,16H2,1-3H3. The third-order valence-corrected chi connectivity index (χ3v) is 3.56. The molecule has 7 heteroatoms. The van der Waals surface area contributed by atoms with E-state index in [1.807, 2.05) is 0 Å². The van der Waals surface area contributed by atoms with Crippen LogP contribution in [0.25, 0.3) is 0 Å². The minimum Gasteiger partial charge on any atom is -0.494 e. The molecule has 2 N–H and O–H groups in total. The lowest BCUT2D eigenvalue weighted by molar-refractivity contribution is 0.0460. The van der Waals surface area contributed by atoms with Gasteiger partial charge in [-0.3, -0.25) is 4.68 Å². The summed E-state index contributed by atoms with van der Waals surface area (Å²) in [6, 6.07) is 4.90. The highest BCUT2D eigenvalue weighted by Crippen LogP contribution is 2.27. The predicted octanol–water partition coefficient (Wildman–Crippen LogP) is 2.33. The average molecular weight is 310 g/mol. The molecule has 0 aliphatic carbocycles. The van der Waals surface area contributed by atoms with E-state index in [1.165, 1.54) is 7.11 Å². The van der Waals surface area contributed by atoms with E-state index < -0.39 is 5.97 Å². The molecular weight excluding hydrogens is 294 g/mol. The van der Waals surface area contributed by atoms with Crippen LogP contribution in [0.5, 0.6) is 5.75 Å². The van der Waals surface area contributed by atoms with Crippen molar-refractivity contribution in [3.05, 3.63) is 40.2 Å². The summed E-state index contributed by atoms with van der Waals surface area (Å²) in [5, 5.41) is 4.65. The lowest BCUT2D eigenvalue weighted by Crippen LogP contribution is -2.10. The summed E-state index contributed by atoms with van der Waals surface area (Å²) in [5.41, 5.74) is 7.72. The molecule has 0 aliphatic heterocycles. The van der Waals surface area contributed by atoms with Gasteiger partial charge in [0.1, 0.15) is 12.2 Å². The number of esters is 1. The van der Waals surface area contributed by atoms with Crippen LogP contribution in [-0.4, -0.2) is 22.9 Å². The Hall–Kier alpha value is -2.21. The smallest absolute Gasteiger partial charge is 0.342 e. The SMILES string of the molecule is COc1c(N)cccc1C(=O)OCc1c(Cl)c(C)nn1C. The largest absolute Gasteiger partial charge is 0.494 e. The monoisotopic (exact) mass is 309 g/mol. The highest BCUT2D eigenvalue weighted by atomic mass is 35.5. The molecule has 0 aliphatic rings. The molecule has 1 aromatic carbocycles. The number of nitrogens with zero attached hydrogens (tertiary/aromatic N) is 2. The maximum absolute atomic E-state index is 12.1. The average Bonchev–Trinajstić information content (AvgIpc) is 2.69. The fourth-order valence-corrected chi connectivity index (χ4v) is 2.21. The van der Waals surface area contributed by atoms with Gasteiger partial charge in [0.15, 0.2) is 5.75 Å². The van der Waals surface area contributed by atoms with Crippen LogP contribution in [0.15, 0.2) is 18.2 Å². The van der Waals surface area contributed by atoms with Crippen molar-refractivity contribution in [1.82, 2.24) is 9.78 Å². The molecule has 0 amide bonds. The Bertz CT molecular complexity index is 682. The maximum atomic E-state index is 12.1. The number of nitrogen functional groups attached to an aromatic ring is 1. The van der Waals surface area contributed by atoms with Crippen LogP contribution in [0, 0.1) is 6.92 Å². The summed E-state index contributed by atoms with van der Waals surface area (Å²) in [6.07, 6.45) is 0. The molecule has 0 unspecified atom stereocenters. The van der Waals surface area contributed by atoms with Gasteiger partial charge in [0.05, 0.1) is 29.2 Å². The van der Waals surface area contributed by atoms with Gasteiger partial charge in [-0.15, -0.1) is 0 Å². The molecule has 0 bridgehead atoms. The van der Waals surface area contributed by atoms with Crippen molar-refractivity contribution >= 4 is 23.3 Å². The van der Waals surface area contributed by atoms with Crippen LogP contribution in [-0.2, 0) is 18.4 Å². The molecule has 2 rings (SSSR count). The third kappa shape index (κ3) is 2.95. The summed E-state index contributed by atoms with van der Waals surface area (Å²) in [5.74, 6) is -0.233. The minimum atomic E-state index is -0.533. The first-order valence-corrected chi connectivity index (χ1v) is 6.61. The van der Waals surface area contributed by atoms with Gasteiger partial charge in [0, 0.05) is 7.05 Å². The van der Waals surface area contributed by atoms with E-state index in [0.717, 1.165) is 0 Å². The number of ether oxygens (including phenoxy) is 2. The first kappa shape index (κ1) is 15.2. The van der Waals surface area contributed by atoms with Crippen LogP contribution >= 0.6 is 11.6 Å². The second-order valence-corrected chi connectivity index (χ2v) is 4.85. The van der Waals surface area contributed by atoms with Gasteiger partial charge >= 0.3 is 5.97 Å². The van der Waals surface area contributed by atoms with E-state index in [2.05, 4.69) is 5.10 Å². The summed E-state index contributed by atoms with van der Waals surface area (Å²) in [4.78, 5) is 12.1. The molecule has 21 heavy (non-hydrogen) atoms. The molecule has 6 nitrogen and oxygen atoms in total. The fourth-order valence-electron chi connectivity index (χ4n) is 1.99. The number of halogens is 1. The Morgan fingerprint density at radius 2 is 2.19 bits per heavy atom. The lowest BCUT2D eigenvalue weighted by atomic mass is 10.2. The molecule has 0 spiro atoms. The number of aryl methyl sites for hydroxylation is 2. The number of benzene rings is 1. The first-order chi connectivity index (χ1) is 9.95. The Labute approximate surface area is 127 Å². The molecule has 0 saturated carbocycles. The number of carbonyl (C=O) groups is 1. The normalized spacial score (nSPS) is 10.5. The number of anilines is 1. The number of para-hydroxylation sites is 1. The van der Waals surface area contributed by atoms with Crippen molar-refractivity contribution in [2.75, 3.05) is 12.8 Å². The van der Waals surface area contributed by atoms with E-state index in [4.69, 9.17) is 26.8 Å². The van der Waals surface area contributed by atoms with Gasteiger partial charge in [-0.05, 0) is 19.1 Å². The number of nitrogens with two attached hydrogens (primary N) is 1. The molecule has 1 heterocycles. The van der Waals surface area contributed by atoms with E-state index in [-0.39, 0.29) is 12.2 Å². The Balaban J connectivity index is 2.18. The van der Waals surface area contributed by atoms with E-state index in [9.17, 15) is 4.79 Å². The van der Waals surface area contributed by atoms with E-state index in [0.29, 0.717) is 27.8 Å². The second kappa shape index (κ2) is 6.05. The maximum Gasteiger partial charge on any atom is 0.342 e. The van der Waals surface area contributed by atoms with Crippen molar-refractivity contribution in [2.24, 2.45) is 7.05 Å². The first-order valence-electron chi connectivity index (χ1n) is 6.23. The number of rotatable bonds is 4. The quantitative estimate of drug-likeness (QED) is 0.692. The molecule has 0 saturated heterocycles. The van der Waals surface area contributed by atoms with Gasteiger partial charge < -0.3 is 15.2 Å². The fraction of sp³-hybridized carbons (Fsp3) is 0.286. The van der Waals surface area contributed by atoms with E-state index in [1.54, 1.807) is 36.9 Å². The van der Waals surface area contributed by atoms with Crippen LogP contribution in [0.1, 0.15) is 21.7 Å². The Kier molecular flexibility index (Phi) is 4.37. The van der Waals surface area contributed by atoms with Crippen molar-refractivity contribution in [1.29, 1.82) is 0 Å². The summed E-state index contributed by atoms with van der Waals surface area (Å²) in [7, 11) is 3.19. The van der Waals surface area contributed by atoms with Crippen molar-refractivity contribution < 1.29 is 14.3 Å². The number of carbonyl (C=O) groups excluding carboxylic acids is 1. The topological polar surface area (TPSA) is 79.4 Å². The second-order valence-electron chi connectivity index (χ2n) is 4.47. The number of aromatic nitrogens is 2. The summed E-state index contributed by atoms with van der Waals surface area (Å²) < 4.78 is 12.0. The van der Waals surface area contributed by atoms with Crippen LogP contribution in [0.4, 0.5) is 5.69 Å². The van der Waals surface area contributed by atoms with E-state index >= 15 is 0 Å². The van der Waals surface area contributed by atoms with Gasteiger partial charge in [-0.25, -0.2) is 4.79 Å². The molecule has 2 aromatic rings. The highest BCUT2D eigenvalue weighted by molar-refractivity contribution is 6.31. The lowest BCUT2D eigenvalue weighted by Gasteiger charge is -2.11. The van der Waals surface area contributed by atoms with Crippen LogP contribution in [0.2, 0.25) is 5.02 Å². The van der Waals surface area contributed by atoms with Crippen molar-refractivity contribution in [3.63, 3.8) is 0 Å². The molecule has 112 valence electrons. The molecule has 0 radical (unpaired) electrons. The van der Waals surface area contributed by atoms with Crippen molar-refractivity contribution in [3.8, 4) is 5.75 Å². The Morgan fingerprint density at radius 3 is 2.76 bits per heavy atom. The zero-order valence-electron chi connectivity index (χ0n) is 12.0. The zero-order valence-corrected chi connectivity index (χ0v) is 12.8. The molecule has 1 aromatic heterocycles. The van der Waals surface area contributed by atoms with Crippen molar-refractivity contribution in [2.45, 2.75) is 13.5 Å². The number of hydrogen-bond acceptors (Lipinski definition) is 5. The Morgan fingerprint density at radius 1 is 1.48 bits per heavy atom. The van der Waals surface area contributed by atoms with Crippen LogP contribution < -0.4 is 10.5 Å². The predicted molar refractivity (Wildman–Crippen MR) is 79.5 cm³/mol. The highest BCUT2D eigenvalue weighted by Gasteiger charge is 2.18. The van der Waals surface area contributed by atoms with Gasteiger partial charge in [0.2, 0.25) is 0 Å². The van der Waals surface area contributed by atoms with Gasteiger partial charge in [-0.1, -0.05) is 17.7 Å². The summed E-state index contributed by atoms with van der Waals surface area (Å²) >= 11 is 6.11. The minimum absolute atomic E-state index is 0.0208. The molecule has 0 atom stereocenters. The molecule has 0 fully saturated rings. The number of methoxy groups -OCH3 is 1.